The Kier molecular flexibility index (Phi) is 5.55. The number of anilines is 1. The van der Waals surface area contributed by atoms with Crippen molar-refractivity contribution >= 4 is 29.1 Å². The first-order valence-corrected chi connectivity index (χ1v) is 7.15. The fraction of sp³-hybridized carbons (Fsp3) is 0.429. The maximum atomic E-state index is 11.9. The molecule has 1 heterocycles. The zero-order valence-electron chi connectivity index (χ0n) is 11.5. The number of ether oxygens (including phenoxy) is 1. The van der Waals surface area contributed by atoms with Crippen LogP contribution in [0.2, 0.25) is 5.02 Å². The van der Waals surface area contributed by atoms with Crippen LogP contribution < -0.4 is 16.4 Å². The lowest BCUT2D eigenvalue weighted by Gasteiger charge is -2.22. The molecule has 1 aliphatic heterocycles. The molecule has 0 atom stereocenters. The van der Waals surface area contributed by atoms with Crippen LogP contribution in [0.3, 0.4) is 0 Å². The molecule has 4 N–H and O–H groups in total. The van der Waals surface area contributed by atoms with Gasteiger partial charge in [0.1, 0.15) is 6.61 Å². The van der Waals surface area contributed by atoms with Crippen molar-refractivity contribution in [2.45, 2.75) is 18.9 Å². The first kappa shape index (κ1) is 15.8. The highest BCUT2D eigenvalue weighted by atomic mass is 35.5. The summed E-state index contributed by atoms with van der Waals surface area (Å²) < 4.78 is 5.55. The standard InChI is InChI=1S/C14H18ClN3O3/c15-11-2-1-9(14(16)20)7-12(11)18-13(19)8-21-10-3-5-17-6-4-10/h1-2,7,10,17H,3-6,8H2,(H2,16,20)(H,18,19). The molecule has 7 heteroatoms. The first-order valence-electron chi connectivity index (χ1n) is 6.78. The number of hydrogen-bond acceptors (Lipinski definition) is 4. The minimum Gasteiger partial charge on any atom is -0.368 e. The molecule has 0 unspecified atom stereocenters. The number of halogens is 1. The second-order valence-corrected chi connectivity index (χ2v) is 5.27. The van der Waals surface area contributed by atoms with Crippen molar-refractivity contribution in [3.63, 3.8) is 0 Å². The third-order valence-electron chi connectivity index (χ3n) is 3.26. The van der Waals surface area contributed by atoms with E-state index in [2.05, 4.69) is 10.6 Å². The van der Waals surface area contributed by atoms with Crippen molar-refractivity contribution in [1.29, 1.82) is 0 Å². The second kappa shape index (κ2) is 7.40. The van der Waals surface area contributed by atoms with Gasteiger partial charge in [-0.1, -0.05) is 11.6 Å². The van der Waals surface area contributed by atoms with Crippen LogP contribution in [0, 0.1) is 0 Å². The molecule has 1 saturated heterocycles. The lowest BCUT2D eigenvalue weighted by Crippen LogP contribution is -2.34. The van der Waals surface area contributed by atoms with Crippen molar-refractivity contribution in [3.05, 3.63) is 28.8 Å². The van der Waals surface area contributed by atoms with Gasteiger partial charge in [0.15, 0.2) is 0 Å². The normalized spacial score (nSPS) is 15.7. The Hall–Kier alpha value is -1.63. The lowest BCUT2D eigenvalue weighted by atomic mass is 10.1. The molecule has 0 aromatic heterocycles. The van der Waals surface area contributed by atoms with Crippen molar-refractivity contribution in [2.75, 3.05) is 25.0 Å². The average molecular weight is 312 g/mol. The van der Waals surface area contributed by atoms with E-state index in [1.807, 2.05) is 0 Å². The number of benzene rings is 1. The topological polar surface area (TPSA) is 93.5 Å². The van der Waals surface area contributed by atoms with Gasteiger partial charge in [-0.3, -0.25) is 9.59 Å². The van der Waals surface area contributed by atoms with E-state index in [0.29, 0.717) is 10.7 Å². The Morgan fingerprint density at radius 3 is 2.76 bits per heavy atom. The Balaban J connectivity index is 1.89. The van der Waals surface area contributed by atoms with Gasteiger partial charge < -0.3 is 21.1 Å². The van der Waals surface area contributed by atoms with Gasteiger partial charge in [-0.2, -0.15) is 0 Å². The SMILES string of the molecule is NC(=O)c1ccc(Cl)c(NC(=O)COC2CCNCC2)c1. The molecule has 0 radical (unpaired) electrons. The molecule has 6 nitrogen and oxygen atoms in total. The van der Waals surface area contributed by atoms with Crippen molar-refractivity contribution in [3.8, 4) is 0 Å². The fourth-order valence-electron chi connectivity index (χ4n) is 2.12. The zero-order valence-corrected chi connectivity index (χ0v) is 12.3. The van der Waals surface area contributed by atoms with Gasteiger partial charge in [0.2, 0.25) is 11.8 Å². The molecule has 0 aliphatic carbocycles. The van der Waals surface area contributed by atoms with Crippen LogP contribution in [0.5, 0.6) is 0 Å². The zero-order chi connectivity index (χ0) is 15.2. The number of nitrogens with one attached hydrogen (secondary N) is 2. The number of nitrogens with two attached hydrogens (primary N) is 1. The molecule has 0 spiro atoms. The summed E-state index contributed by atoms with van der Waals surface area (Å²) in [6, 6.07) is 4.48. The number of carbonyl (C=O) groups is 2. The molecule has 1 aromatic carbocycles. The minimum absolute atomic E-state index is 0.0399. The number of carbonyl (C=O) groups excluding carboxylic acids is 2. The molecule has 1 fully saturated rings. The van der Waals surface area contributed by atoms with Gasteiger partial charge in [0, 0.05) is 5.56 Å². The molecular weight excluding hydrogens is 294 g/mol. The maximum Gasteiger partial charge on any atom is 0.250 e. The molecule has 0 saturated carbocycles. The van der Waals surface area contributed by atoms with E-state index in [1.165, 1.54) is 18.2 Å². The molecule has 2 rings (SSSR count). The lowest BCUT2D eigenvalue weighted by molar-refractivity contribution is -0.123. The smallest absolute Gasteiger partial charge is 0.250 e. The Morgan fingerprint density at radius 2 is 2.10 bits per heavy atom. The highest BCUT2D eigenvalue weighted by Gasteiger charge is 2.15. The van der Waals surface area contributed by atoms with E-state index in [-0.39, 0.29) is 24.2 Å². The van der Waals surface area contributed by atoms with Gasteiger partial charge in [-0.25, -0.2) is 0 Å². The van der Waals surface area contributed by atoms with Crippen LogP contribution in [-0.4, -0.2) is 37.6 Å². The predicted octanol–water partition coefficient (Wildman–Crippen LogP) is 1.15. The summed E-state index contributed by atoms with van der Waals surface area (Å²) in [7, 11) is 0. The fourth-order valence-corrected chi connectivity index (χ4v) is 2.28. The van der Waals surface area contributed by atoms with Crippen LogP contribution in [0.1, 0.15) is 23.2 Å². The van der Waals surface area contributed by atoms with Crippen LogP contribution >= 0.6 is 11.6 Å². The van der Waals surface area contributed by atoms with Crippen LogP contribution in [0.15, 0.2) is 18.2 Å². The molecular formula is C14H18ClN3O3. The highest BCUT2D eigenvalue weighted by Crippen LogP contribution is 2.23. The van der Waals surface area contributed by atoms with Gasteiger partial charge in [-0.05, 0) is 44.1 Å². The summed E-state index contributed by atoms with van der Waals surface area (Å²) in [5.74, 6) is -0.884. The average Bonchev–Trinajstić information content (AvgIpc) is 2.48. The number of rotatable bonds is 5. The Labute approximate surface area is 128 Å². The summed E-state index contributed by atoms with van der Waals surface area (Å²) in [5.41, 5.74) is 5.83. The molecule has 0 bridgehead atoms. The van der Waals surface area contributed by atoms with Crippen molar-refractivity contribution in [2.24, 2.45) is 5.73 Å². The molecule has 21 heavy (non-hydrogen) atoms. The largest absolute Gasteiger partial charge is 0.368 e. The van der Waals surface area contributed by atoms with E-state index < -0.39 is 5.91 Å². The van der Waals surface area contributed by atoms with Crippen molar-refractivity contribution in [1.82, 2.24) is 5.32 Å². The van der Waals surface area contributed by atoms with Gasteiger partial charge in [0.25, 0.3) is 0 Å². The van der Waals surface area contributed by atoms with Crippen LogP contribution in [0.4, 0.5) is 5.69 Å². The molecule has 114 valence electrons. The molecule has 1 aromatic rings. The van der Waals surface area contributed by atoms with Gasteiger partial charge in [-0.15, -0.1) is 0 Å². The van der Waals surface area contributed by atoms with Crippen molar-refractivity contribution < 1.29 is 14.3 Å². The number of amides is 2. The summed E-state index contributed by atoms with van der Waals surface area (Å²) in [6.45, 7) is 1.76. The third-order valence-corrected chi connectivity index (χ3v) is 3.59. The van der Waals surface area contributed by atoms with E-state index in [4.69, 9.17) is 22.1 Å². The summed E-state index contributed by atoms with van der Waals surface area (Å²) in [6.07, 6.45) is 1.89. The molecule has 2 amide bonds. The Bertz CT molecular complexity index is 530. The third kappa shape index (κ3) is 4.70. The summed E-state index contributed by atoms with van der Waals surface area (Å²) >= 11 is 5.98. The van der Waals surface area contributed by atoms with E-state index in [0.717, 1.165) is 25.9 Å². The number of hydrogen-bond donors (Lipinski definition) is 3. The first-order chi connectivity index (χ1) is 10.1. The van der Waals surface area contributed by atoms with Crippen LogP contribution in [-0.2, 0) is 9.53 Å². The second-order valence-electron chi connectivity index (χ2n) is 4.87. The quantitative estimate of drug-likeness (QED) is 0.760. The summed E-state index contributed by atoms with van der Waals surface area (Å²) in [5, 5.41) is 6.19. The van der Waals surface area contributed by atoms with Gasteiger partial charge >= 0.3 is 0 Å². The Morgan fingerprint density at radius 1 is 1.38 bits per heavy atom. The number of piperidine rings is 1. The van der Waals surface area contributed by atoms with E-state index >= 15 is 0 Å². The molecule has 1 aliphatic rings. The minimum atomic E-state index is -0.576. The predicted molar refractivity (Wildman–Crippen MR) is 80.4 cm³/mol. The maximum absolute atomic E-state index is 11.9. The van der Waals surface area contributed by atoms with Gasteiger partial charge in [0.05, 0.1) is 16.8 Å². The number of primary amides is 1. The van der Waals surface area contributed by atoms with Crippen LogP contribution in [0.25, 0.3) is 0 Å². The van der Waals surface area contributed by atoms with E-state index in [9.17, 15) is 9.59 Å². The monoisotopic (exact) mass is 311 g/mol. The summed E-state index contributed by atoms with van der Waals surface area (Å²) in [4.78, 5) is 23.0. The van der Waals surface area contributed by atoms with E-state index in [1.54, 1.807) is 0 Å². The highest BCUT2D eigenvalue weighted by molar-refractivity contribution is 6.33.